The van der Waals surface area contributed by atoms with Crippen LogP contribution in [0.3, 0.4) is 0 Å². The highest BCUT2D eigenvalue weighted by molar-refractivity contribution is 14.1. The number of rotatable bonds is 7. The average molecular weight is 525 g/mol. The van der Waals surface area contributed by atoms with Gasteiger partial charge in [-0.25, -0.2) is 9.79 Å². The van der Waals surface area contributed by atoms with Crippen LogP contribution in [0.4, 0.5) is 0 Å². The molecular weight excluding hydrogens is 505 g/mol. The number of benzene rings is 3. The van der Waals surface area contributed by atoms with Crippen LogP contribution < -0.4 is 9.47 Å². The van der Waals surface area contributed by atoms with E-state index in [9.17, 15) is 4.79 Å². The van der Waals surface area contributed by atoms with Gasteiger partial charge in [0.05, 0.1) is 6.61 Å². The second-order valence-corrected chi connectivity index (χ2v) is 8.00. The lowest BCUT2D eigenvalue weighted by atomic mass is 10.1. The number of halogens is 1. The largest absolute Gasteiger partial charge is 0.490 e. The first-order valence-electron chi connectivity index (χ1n) is 9.84. The zero-order valence-corrected chi connectivity index (χ0v) is 19.0. The Morgan fingerprint density at radius 1 is 0.968 bits per heavy atom. The first-order chi connectivity index (χ1) is 15.1. The maximum atomic E-state index is 12.3. The minimum absolute atomic E-state index is 0.244. The maximum absolute atomic E-state index is 12.3. The molecule has 0 fully saturated rings. The van der Waals surface area contributed by atoms with Crippen molar-refractivity contribution in [2.45, 2.75) is 13.5 Å². The SMILES string of the molecule is CCOc1cc(/C=C2\N=C(c3ccc(I)cc3)OC2=O)ccc1OCc1ccccc1. The van der Waals surface area contributed by atoms with Gasteiger partial charge in [-0.3, -0.25) is 0 Å². The lowest BCUT2D eigenvalue weighted by Gasteiger charge is -2.12. The molecule has 6 heteroatoms. The maximum Gasteiger partial charge on any atom is 0.363 e. The van der Waals surface area contributed by atoms with E-state index in [0.717, 1.165) is 20.3 Å². The van der Waals surface area contributed by atoms with E-state index in [2.05, 4.69) is 27.6 Å². The molecule has 0 atom stereocenters. The zero-order valence-electron chi connectivity index (χ0n) is 16.9. The fourth-order valence-electron chi connectivity index (χ4n) is 3.02. The minimum Gasteiger partial charge on any atom is -0.490 e. The summed E-state index contributed by atoms with van der Waals surface area (Å²) in [7, 11) is 0. The predicted octanol–water partition coefficient (Wildman–Crippen LogP) is 5.61. The van der Waals surface area contributed by atoms with Crippen LogP contribution in [0.15, 0.2) is 83.5 Å². The molecule has 4 rings (SSSR count). The quantitative estimate of drug-likeness (QED) is 0.229. The van der Waals surface area contributed by atoms with Crippen LogP contribution in [0.25, 0.3) is 6.08 Å². The van der Waals surface area contributed by atoms with Crippen LogP contribution in [0.2, 0.25) is 0 Å². The number of aliphatic imine (C=N–C) groups is 1. The minimum atomic E-state index is -0.476. The highest BCUT2D eigenvalue weighted by Crippen LogP contribution is 2.31. The average Bonchev–Trinajstić information content (AvgIpc) is 3.15. The van der Waals surface area contributed by atoms with Gasteiger partial charge in [-0.05, 0) is 83.1 Å². The summed E-state index contributed by atoms with van der Waals surface area (Å²) in [5.41, 5.74) is 2.85. The Kier molecular flexibility index (Phi) is 6.66. The number of nitrogens with zero attached hydrogens (tertiary/aromatic N) is 1. The molecule has 5 nitrogen and oxygen atoms in total. The van der Waals surface area contributed by atoms with Crippen molar-refractivity contribution in [1.82, 2.24) is 0 Å². The summed E-state index contributed by atoms with van der Waals surface area (Å²) in [5.74, 6) is 1.09. The van der Waals surface area contributed by atoms with Gasteiger partial charge < -0.3 is 14.2 Å². The van der Waals surface area contributed by atoms with Crippen LogP contribution in [0.1, 0.15) is 23.6 Å². The summed E-state index contributed by atoms with van der Waals surface area (Å²) in [6.07, 6.45) is 1.69. The molecule has 0 N–H and O–H groups in total. The fourth-order valence-corrected chi connectivity index (χ4v) is 3.38. The topological polar surface area (TPSA) is 57.1 Å². The third kappa shape index (κ3) is 5.32. The lowest BCUT2D eigenvalue weighted by molar-refractivity contribution is -0.129. The summed E-state index contributed by atoms with van der Waals surface area (Å²) >= 11 is 2.22. The van der Waals surface area contributed by atoms with Gasteiger partial charge in [-0.1, -0.05) is 36.4 Å². The number of carbonyl (C=O) groups excluding carboxylic acids is 1. The van der Waals surface area contributed by atoms with Crippen LogP contribution in [0, 0.1) is 3.57 Å². The molecular formula is C25H20INO4. The van der Waals surface area contributed by atoms with Gasteiger partial charge in [0.25, 0.3) is 0 Å². The van der Waals surface area contributed by atoms with Crippen LogP contribution in [-0.4, -0.2) is 18.5 Å². The smallest absolute Gasteiger partial charge is 0.363 e. The lowest BCUT2D eigenvalue weighted by Crippen LogP contribution is -2.05. The van der Waals surface area contributed by atoms with Crippen LogP contribution in [0.5, 0.6) is 11.5 Å². The van der Waals surface area contributed by atoms with Gasteiger partial charge in [0.2, 0.25) is 5.90 Å². The summed E-state index contributed by atoms with van der Waals surface area (Å²) < 4.78 is 18.1. The van der Waals surface area contributed by atoms with Gasteiger partial charge in [-0.15, -0.1) is 0 Å². The monoisotopic (exact) mass is 525 g/mol. The third-order valence-electron chi connectivity index (χ3n) is 4.52. The second kappa shape index (κ2) is 9.78. The van der Waals surface area contributed by atoms with Crippen molar-refractivity contribution in [2.75, 3.05) is 6.61 Å². The van der Waals surface area contributed by atoms with Crippen LogP contribution >= 0.6 is 22.6 Å². The number of esters is 1. The normalized spacial score (nSPS) is 14.3. The van der Waals surface area contributed by atoms with E-state index >= 15 is 0 Å². The Morgan fingerprint density at radius 2 is 1.74 bits per heavy atom. The molecule has 156 valence electrons. The molecule has 0 radical (unpaired) electrons. The Hall–Kier alpha value is -3.13. The molecule has 3 aromatic rings. The highest BCUT2D eigenvalue weighted by atomic mass is 127. The van der Waals surface area contributed by atoms with E-state index in [0.29, 0.717) is 30.6 Å². The molecule has 3 aromatic carbocycles. The first-order valence-corrected chi connectivity index (χ1v) is 10.9. The summed E-state index contributed by atoms with van der Waals surface area (Å²) in [4.78, 5) is 16.7. The summed E-state index contributed by atoms with van der Waals surface area (Å²) in [6.45, 7) is 2.86. The molecule has 1 aliphatic heterocycles. The third-order valence-corrected chi connectivity index (χ3v) is 5.24. The number of cyclic esters (lactones) is 1. The van der Waals surface area contributed by atoms with Crippen LogP contribution in [-0.2, 0) is 16.1 Å². The fraction of sp³-hybridized carbons (Fsp3) is 0.120. The van der Waals surface area contributed by atoms with Crippen molar-refractivity contribution in [2.24, 2.45) is 4.99 Å². The molecule has 0 amide bonds. The van der Waals surface area contributed by atoms with Gasteiger partial charge in [-0.2, -0.15) is 0 Å². The molecule has 0 saturated heterocycles. The highest BCUT2D eigenvalue weighted by Gasteiger charge is 2.24. The summed E-state index contributed by atoms with van der Waals surface area (Å²) in [6, 6.07) is 23.1. The molecule has 0 aromatic heterocycles. The number of hydrogen-bond donors (Lipinski definition) is 0. The van der Waals surface area contributed by atoms with Gasteiger partial charge >= 0.3 is 5.97 Å². The first kappa shape index (κ1) is 21.1. The standard InChI is InChI=1S/C25H20INO4/c1-2-29-23-15-18(8-13-22(23)30-16-17-6-4-3-5-7-17)14-21-25(28)31-24(27-21)19-9-11-20(26)12-10-19/h3-15H,2,16H2,1H3/b21-14-. The van der Waals surface area contributed by atoms with Crippen molar-refractivity contribution >= 4 is 40.5 Å². The van der Waals surface area contributed by atoms with E-state index in [-0.39, 0.29) is 5.70 Å². The van der Waals surface area contributed by atoms with Crippen molar-refractivity contribution in [3.8, 4) is 11.5 Å². The molecule has 0 unspecified atom stereocenters. The van der Waals surface area contributed by atoms with Gasteiger partial charge in [0.15, 0.2) is 17.2 Å². The Bertz CT molecular complexity index is 1140. The Labute approximate surface area is 194 Å². The second-order valence-electron chi connectivity index (χ2n) is 6.76. The molecule has 0 spiro atoms. The number of ether oxygens (including phenoxy) is 3. The molecule has 0 aliphatic carbocycles. The van der Waals surface area contributed by atoms with Crippen molar-refractivity contribution in [3.05, 3.63) is 98.8 Å². The molecule has 0 bridgehead atoms. The molecule has 0 saturated carbocycles. The van der Waals surface area contributed by atoms with Crippen molar-refractivity contribution in [3.63, 3.8) is 0 Å². The Balaban J connectivity index is 1.56. The van der Waals surface area contributed by atoms with E-state index < -0.39 is 5.97 Å². The molecule has 1 heterocycles. The number of hydrogen-bond acceptors (Lipinski definition) is 5. The summed E-state index contributed by atoms with van der Waals surface area (Å²) in [5, 5.41) is 0. The molecule has 1 aliphatic rings. The van der Waals surface area contributed by atoms with E-state index in [1.54, 1.807) is 6.08 Å². The zero-order chi connectivity index (χ0) is 21.6. The molecule has 31 heavy (non-hydrogen) atoms. The van der Waals surface area contributed by atoms with E-state index in [4.69, 9.17) is 14.2 Å². The van der Waals surface area contributed by atoms with Gasteiger partial charge in [0, 0.05) is 9.13 Å². The predicted molar refractivity (Wildman–Crippen MR) is 128 cm³/mol. The Morgan fingerprint density at radius 3 is 2.48 bits per heavy atom. The van der Waals surface area contributed by atoms with E-state index in [1.165, 1.54) is 0 Å². The van der Waals surface area contributed by atoms with Gasteiger partial charge in [0.1, 0.15) is 6.61 Å². The van der Waals surface area contributed by atoms with E-state index in [1.807, 2.05) is 79.7 Å². The number of carbonyl (C=O) groups is 1. The van der Waals surface area contributed by atoms with Crippen molar-refractivity contribution in [1.29, 1.82) is 0 Å². The van der Waals surface area contributed by atoms with Crippen molar-refractivity contribution < 1.29 is 19.0 Å².